The number of β-amino-alcohol motifs (C(OH)–C–C–N with tert-alkyl or cyclic N) is 1. The first kappa shape index (κ1) is 66.4. The molecule has 2 bridgehead atoms. The molecule has 7 aromatic rings. The zero-order valence-electron chi connectivity index (χ0n) is 56.2. The van der Waals surface area contributed by atoms with Gasteiger partial charge in [0.2, 0.25) is 11.8 Å². The van der Waals surface area contributed by atoms with E-state index < -0.39 is 41.1 Å². The molecule has 6 aliphatic rings. The van der Waals surface area contributed by atoms with Crippen LogP contribution < -0.4 is 24.6 Å². The second-order valence-electron chi connectivity index (χ2n) is 28.0. The highest BCUT2D eigenvalue weighted by atomic mass is 32.1. The zero-order chi connectivity index (χ0) is 67.3. The minimum absolute atomic E-state index is 0.00492. The summed E-state index contributed by atoms with van der Waals surface area (Å²) in [4.78, 5) is 87.9. The van der Waals surface area contributed by atoms with Crippen molar-refractivity contribution in [2.75, 3.05) is 89.3 Å². The fourth-order valence-corrected chi connectivity index (χ4v) is 16.2. The number of benzene rings is 3. The molecule has 8 atom stereocenters. The van der Waals surface area contributed by atoms with E-state index >= 15 is 4.39 Å². The number of halogens is 1. The SMILES string of the molecule is CCc1cccc2cc(OCOC)cc(-c3ncc4c(N5CC6CCC(C5)N6C(=O)OC(C)(C)C)nc(OC[C@@H]5CC[C@]6(COC(=O)N7CCN(c8cc([C@H](C(=O)N9C[C@H](O)C[C@H]9C(=O)N[C@@H](C)c9ccc(-c%10scnc%10C)cc9)C(C)C)on8)CC7)CCCN56)nc4c3F)c12. The van der Waals surface area contributed by atoms with Gasteiger partial charge >= 0.3 is 18.2 Å². The number of pyridine rings is 1. The highest BCUT2D eigenvalue weighted by Crippen LogP contribution is 2.45. The van der Waals surface area contributed by atoms with E-state index in [1.165, 1.54) is 4.90 Å². The van der Waals surface area contributed by atoms with E-state index in [-0.39, 0.29) is 98.2 Å². The van der Waals surface area contributed by atoms with Crippen LogP contribution in [0, 0.1) is 18.7 Å². The summed E-state index contributed by atoms with van der Waals surface area (Å²) in [7, 11) is 1.55. The number of aromatic nitrogens is 5. The number of piperazine rings is 2. The van der Waals surface area contributed by atoms with Gasteiger partial charge in [-0.05, 0) is 132 Å². The van der Waals surface area contributed by atoms with Crippen LogP contribution in [0.25, 0.3) is 43.4 Å². The molecule has 0 spiro atoms. The number of amides is 4. The molecular weight excluding hydrogens is 1250 g/mol. The molecule has 2 unspecified atom stereocenters. The maximum absolute atomic E-state index is 17.9. The number of fused-ring (bicyclic) bond motifs is 5. The Bertz CT molecular complexity index is 4010. The third-order valence-corrected chi connectivity index (χ3v) is 21.2. The largest absolute Gasteiger partial charge is 0.468 e. The van der Waals surface area contributed by atoms with E-state index in [4.69, 9.17) is 43.2 Å². The highest BCUT2D eigenvalue weighted by Gasteiger charge is 2.51. The Kier molecular flexibility index (Phi) is 18.9. The average molecular weight is 1340 g/mol. The molecule has 25 heteroatoms. The Morgan fingerprint density at radius 3 is 2.38 bits per heavy atom. The van der Waals surface area contributed by atoms with Gasteiger partial charge < -0.3 is 58.2 Å². The number of aryl methyl sites for hydroxylation is 2. The molecule has 6 fully saturated rings. The van der Waals surface area contributed by atoms with Crippen molar-refractivity contribution in [2.45, 2.75) is 160 Å². The van der Waals surface area contributed by atoms with Crippen LogP contribution >= 0.6 is 11.3 Å². The van der Waals surface area contributed by atoms with Gasteiger partial charge in [0.05, 0.1) is 51.2 Å². The standard InChI is InChI=1S/C71H87FN12O11S/c1-10-44-13-11-14-47-29-52(93-40-90-9)31-53(59(44)47)61-60(72)62-54(33-73-61)64(81-34-48-19-20-49(35-81)84(48)69(89)94-70(6,7)8)77-67(76-62)91-37-50-21-23-71(22-12-24-83(50)71)38-92-68(88)80-27-25-79(26-28-80)57-32-56(95-78-57)58(41(2)3)66(87)82-36-51(85)30-55(82)65(86)75-42(4)45-15-17-46(18-16-45)63-43(5)74-39-96-63/h11,13-18,29,31-33,39,41-42,48-51,55,58,85H,10,12,19-28,30,34-38,40H2,1-9H3,(H,75,86)/t42-,48?,49?,50-,51+,55-,58+,71-/m0/s1. The number of carbonyl (C=O) groups excluding carboxylic acids is 4. The summed E-state index contributed by atoms with van der Waals surface area (Å²) >= 11 is 1.58. The van der Waals surface area contributed by atoms with Crippen molar-refractivity contribution in [1.29, 1.82) is 0 Å². The van der Waals surface area contributed by atoms with Gasteiger partial charge in [-0.25, -0.2) is 19.0 Å². The van der Waals surface area contributed by atoms with Crippen molar-refractivity contribution in [2.24, 2.45) is 5.92 Å². The number of hydrogen-bond acceptors (Lipinski definition) is 20. The van der Waals surface area contributed by atoms with Gasteiger partial charge in [0, 0.05) is 83.2 Å². The number of methoxy groups -OCH3 is 1. The van der Waals surface area contributed by atoms with E-state index in [1.807, 2.05) is 112 Å². The number of ether oxygens (including phenoxy) is 5. The van der Waals surface area contributed by atoms with E-state index in [0.29, 0.717) is 79.8 Å². The Hall–Kier alpha value is -8.26. The number of rotatable bonds is 19. The van der Waals surface area contributed by atoms with Crippen LogP contribution in [-0.2, 0) is 30.2 Å². The molecule has 2 N–H and O–H groups in total. The van der Waals surface area contributed by atoms with Gasteiger partial charge in [0.15, 0.2) is 24.2 Å². The fraction of sp³-hybridized carbons (Fsp3) is 0.535. The smallest absolute Gasteiger partial charge is 0.410 e. The lowest BCUT2D eigenvalue weighted by Crippen LogP contribution is -2.57. The quantitative estimate of drug-likeness (QED) is 0.0715. The number of aliphatic hydroxyl groups is 1. The first-order chi connectivity index (χ1) is 46.2. The minimum atomic E-state index is -0.877. The normalized spacial score (nSPS) is 22.7. The molecule has 10 heterocycles. The monoisotopic (exact) mass is 1330 g/mol. The third-order valence-electron chi connectivity index (χ3n) is 20.2. The van der Waals surface area contributed by atoms with Gasteiger partial charge in [-0.1, -0.05) is 68.4 Å². The van der Waals surface area contributed by atoms with Gasteiger partial charge in [-0.3, -0.25) is 24.4 Å². The summed E-state index contributed by atoms with van der Waals surface area (Å²) in [6, 6.07) is 17.9. The van der Waals surface area contributed by atoms with Crippen molar-refractivity contribution >= 4 is 68.6 Å². The second-order valence-corrected chi connectivity index (χ2v) is 28.8. The van der Waals surface area contributed by atoms with Crippen LogP contribution in [0.1, 0.15) is 128 Å². The fourth-order valence-electron chi connectivity index (χ4n) is 15.4. The maximum Gasteiger partial charge on any atom is 0.410 e. The number of anilines is 2. The number of aliphatic hydroxyl groups excluding tert-OH is 1. The van der Waals surface area contributed by atoms with Crippen molar-refractivity contribution in [3.8, 4) is 33.5 Å². The summed E-state index contributed by atoms with van der Waals surface area (Å²) in [6.07, 6.45) is 5.72. The molecule has 96 heavy (non-hydrogen) atoms. The maximum atomic E-state index is 17.9. The molecule has 4 amide bonds. The Labute approximate surface area is 562 Å². The lowest BCUT2D eigenvalue weighted by atomic mass is 9.91. The number of carbonyl (C=O) groups is 4. The van der Waals surface area contributed by atoms with Crippen LogP contribution in [-0.4, -0.2) is 195 Å². The number of nitrogens with zero attached hydrogens (tertiary/aromatic N) is 11. The molecule has 510 valence electrons. The molecule has 0 radical (unpaired) electrons. The Balaban J connectivity index is 0.658. The predicted octanol–water partition coefficient (Wildman–Crippen LogP) is 10.5. The number of nitrogens with one attached hydrogen (secondary N) is 1. The number of likely N-dealkylation sites (tertiary alicyclic amines) is 1. The molecule has 4 aromatic heterocycles. The molecule has 13 rings (SSSR count). The molecular formula is C71H87FN12O11S. The van der Waals surface area contributed by atoms with Crippen molar-refractivity contribution < 1.29 is 56.9 Å². The lowest BCUT2D eigenvalue weighted by molar-refractivity contribution is -0.141. The van der Waals surface area contributed by atoms with Gasteiger partial charge in [-0.2, -0.15) is 9.97 Å². The van der Waals surface area contributed by atoms with E-state index in [0.717, 1.165) is 83.1 Å². The summed E-state index contributed by atoms with van der Waals surface area (Å²) in [6.45, 7) is 19.1. The van der Waals surface area contributed by atoms with Crippen LogP contribution in [0.5, 0.6) is 11.8 Å². The molecule has 3 aromatic carbocycles. The number of thiazole rings is 1. The molecule has 0 saturated carbocycles. The van der Waals surface area contributed by atoms with Crippen molar-refractivity contribution in [1.82, 2.24) is 50.0 Å². The molecule has 6 aliphatic heterocycles. The third kappa shape index (κ3) is 13.2. The van der Waals surface area contributed by atoms with E-state index in [1.54, 1.807) is 41.7 Å². The van der Waals surface area contributed by atoms with Gasteiger partial charge in [0.1, 0.15) is 53.6 Å². The summed E-state index contributed by atoms with van der Waals surface area (Å²) < 4.78 is 53.7. The minimum Gasteiger partial charge on any atom is -0.468 e. The second kappa shape index (κ2) is 27.3. The topological polar surface area (TPSA) is 244 Å². The zero-order valence-corrected chi connectivity index (χ0v) is 57.0. The van der Waals surface area contributed by atoms with Crippen LogP contribution in [0.15, 0.2) is 76.9 Å². The van der Waals surface area contributed by atoms with E-state index in [2.05, 4.69) is 32.2 Å². The van der Waals surface area contributed by atoms with Gasteiger partial charge in [0.25, 0.3) is 0 Å². The van der Waals surface area contributed by atoms with Crippen LogP contribution in [0.3, 0.4) is 0 Å². The predicted molar refractivity (Wildman–Crippen MR) is 361 cm³/mol. The average Bonchev–Trinajstić information content (AvgIpc) is 0.881. The summed E-state index contributed by atoms with van der Waals surface area (Å²) in [5.74, 6) is -0.425. The van der Waals surface area contributed by atoms with Crippen molar-refractivity contribution in [3.05, 3.63) is 101 Å². The van der Waals surface area contributed by atoms with E-state index in [9.17, 15) is 24.3 Å². The number of hydrogen-bond donors (Lipinski definition) is 2. The van der Waals surface area contributed by atoms with Crippen molar-refractivity contribution in [3.63, 3.8) is 0 Å². The van der Waals surface area contributed by atoms with Crippen LogP contribution in [0.4, 0.5) is 25.6 Å². The van der Waals surface area contributed by atoms with Crippen LogP contribution in [0.2, 0.25) is 0 Å². The molecule has 0 aliphatic carbocycles. The van der Waals surface area contributed by atoms with Gasteiger partial charge in [-0.15, -0.1) is 11.3 Å². The Morgan fingerprint density at radius 2 is 1.67 bits per heavy atom. The first-order valence-corrected chi connectivity index (χ1v) is 34.7. The summed E-state index contributed by atoms with van der Waals surface area (Å²) in [5.41, 5.74) is 5.44. The first-order valence-electron chi connectivity index (χ1n) is 33.8. The molecule has 23 nitrogen and oxygen atoms in total. The highest BCUT2D eigenvalue weighted by molar-refractivity contribution is 7.13. The summed E-state index contributed by atoms with van der Waals surface area (Å²) in [5, 5.41) is 20.5. The Morgan fingerprint density at radius 1 is 0.896 bits per heavy atom. The molecule has 6 saturated heterocycles. The lowest BCUT2D eigenvalue weighted by Gasteiger charge is -2.42.